The summed E-state index contributed by atoms with van der Waals surface area (Å²) in [4.78, 5) is 0. The van der Waals surface area contributed by atoms with Crippen molar-refractivity contribution in [2.24, 2.45) is 0 Å². The first kappa shape index (κ1) is 12.2. The lowest BCUT2D eigenvalue weighted by molar-refractivity contribution is 0.482. The lowest BCUT2D eigenvalue weighted by atomic mass is 9.89. The molecule has 20 heavy (non-hydrogen) atoms. The monoisotopic (exact) mass is 288 g/mol. The van der Waals surface area contributed by atoms with Gasteiger partial charge in [0.15, 0.2) is 0 Å². The first-order valence-corrected chi connectivity index (χ1v) is 7.53. The van der Waals surface area contributed by atoms with Gasteiger partial charge in [-0.25, -0.2) is 0 Å². The van der Waals surface area contributed by atoms with E-state index >= 15 is 0 Å². The van der Waals surface area contributed by atoms with E-state index in [9.17, 15) is 5.11 Å². The van der Waals surface area contributed by atoms with E-state index in [1.54, 1.807) is 0 Å². The highest BCUT2D eigenvalue weighted by molar-refractivity contribution is 6.21. The van der Waals surface area contributed by atoms with Crippen molar-refractivity contribution in [2.75, 3.05) is 23.7 Å². The summed E-state index contributed by atoms with van der Waals surface area (Å²) < 4.78 is 0. The van der Waals surface area contributed by atoms with Crippen LogP contribution in [-0.2, 0) is 6.42 Å². The standard InChI is InChI=1S/C16H17ClN2O/c1-8(17)11-7-19-13-6-14(20)10-2-3-12-9(4-5-18-12)15(10)16(11)13/h2-3,6,8,11,18-20H,4-5,7H2,1H3. The van der Waals surface area contributed by atoms with Crippen LogP contribution in [0.25, 0.3) is 10.8 Å². The lowest BCUT2D eigenvalue weighted by Gasteiger charge is -2.17. The number of hydrogen-bond donors (Lipinski definition) is 3. The Labute approximate surface area is 122 Å². The quantitative estimate of drug-likeness (QED) is 0.702. The van der Waals surface area contributed by atoms with E-state index in [4.69, 9.17) is 11.6 Å². The maximum Gasteiger partial charge on any atom is 0.125 e. The van der Waals surface area contributed by atoms with Crippen LogP contribution in [0.2, 0.25) is 0 Å². The normalized spacial score (nSPS) is 21.2. The zero-order chi connectivity index (χ0) is 13.9. The van der Waals surface area contributed by atoms with E-state index in [0.29, 0.717) is 11.7 Å². The molecule has 0 saturated carbocycles. The van der Waals surface area contributed by atoms with E-state index in [-0.39, 0.29) is 5.38 Å². The molecule has 4 rings (SSSR count). The number of rotatable bonds is 1. The van der Waals surface area contributed by atoms with Crippen LogP contribution in [0, 0.1) is 0 Å². The molecule has 4 heteroatoms. The summed E-state index contributed by atoms with van der Waals surface area (Å²) >= 11 is 6.38. The van der Waals surface area contributed by atoms with Crippen LogP contribution in [-0.4, -0.2) is 23.6 Å². The molecular formula is C16H17ClN2O. The van der Waals surface area contributed by atoms with Gasteiger partial charge in [-0.3, -0.25) is 0 Å². The van der Waals surface area contributed by atoms with Gasteiger partial charge in [-0.15, -0.1) is 11.6 Å². The van der Waals surface area contributed by atoms with Crippen molar-refractivity contribution in [1.29, 1.82) is 0 Å². The van der Waals surface area contributed by atoms with Crippen molar-refractivity contribution in [3.05, 3.63) is 29.3 Å². The van der Waals surface area contributed by atoms with Crippen LogP contribution >= 0.6 is 11.6 Å². The van der Waals surface area contributed by atoms with E-state index < -0.39 is 0 Å². The highest BCUT2D eigenvalue weighted by Crippen LogP contribution is 2.47. The Morgan fingerprint density at radius 3 is 2.95 bits per heavy atom. The van der Waals surface area contributed by atoms with Gasteiger partial charge in [0.1, 0.15) is 5.75 Å². The van der Waals surface area contributed by atoms with Gasteiger partial charge >= 0.3 is 0 Å². The molecule has 104 valence electrons. The Balaban J connectivity index is 2.11. The molecule has 2 unspecified atom stereocenters. The van der Waals surface area contributed by atoms with Crippen molar-refractivity contribution in [2.45, 2.75) is 24.6 Å². The Bertz CT molecular complexity index is 711. The summed E-state index contributed by atoms with van der Waals surface area (Å²) in [7, 11) is 0. The Morgan fingerprint density at radius 2 is 2.15 bits per heavy atom. The molecule has 2 aliphatic rings. The second-order valence-electron chi connectivity index (χ2n) is 5.71. The Kier molecular flexibility index (Phi) is 2.55. The van der Waals surface area contributed by atoms with Crippen LogP contribution in [0.1, 0.15) is 24.0 Å². The number of phenols is 1. The minimum Gasteiger partial charge on any atom is -0.507 e. The lowest BCUT2D eigenvalue weighted by Crippen LogP contribution is -2.11. The van der Waals surface area contributed by atoms with Crippen LogP contribution in [0.15, 0.2) is 18.2 Å². The van der Waals surface area contributed by atoms with E-state index in [1.165, 1.54) is 22.2 Å². The van der Waals surface area contributed by atoms with Crippen LogP contribution in [0.5, 0.6) is 5.75 Å². The van der Waals surface area contributed by atoms with Crippen molar-refractivity contribution in [3.63, 3.8) is 0 Å². The highest BCUT2D eigenvalue weighted by Gasteiger charge is 2.31. The molecule has 0 aliphatic carbocycles. The zero-order valence-electron chi connectivity index (χ0n) is 11.3. The third kappa shape index (κ3) is 1.53. The van der Waals surface area contributed by atoms with Crippen molar-refractivity contribution >= 4 is 33.7 Å². The van der Waals surface area contributed by atoms with E-state index in [2.05, 4.69) is 16.7 Å². The molecule has 0 saturated heterocycles. The molecule has 3 N–H and O–H groups in total. The fourth-order valence-electron chi connectivity index (χ4n) is 3.59. The fourth-order valence-corrected chi connectivity index (χ4v) is 3.80. The fraction of sp³-hybridized carbons (Fsp3) is 0.375. The number of alkyl halides is 1. The molecule has 0 aromatic heterocycles. The molecule has 0 radical (unpaired) electrons. The summed E-state index contributed by atoms with van der Waals surface area (Å²) in [6.07, 6.45) is 1.01. The van der Waals surface area contributed by atoms with E-state index in [1.807, 2.05) is 19.1 Å². The second-order valence-corrected chi connectivity index (χ2v) is 6.40. The van der Waals surface area contributed by atoms with Crippen LogP contribution < -0.4 is 10.6 Å². The molecule has 2 aromatic rings. The number of anilines is 2. The summed E-state index contributed by atoms with van der Waals surface area (Å²) in [6.45, 7) is 3.85. The van der Waals surface area contributed by atoms with Crippen molar-refractivity contribution in [3.8, 4) is 5.75 Å². The SMILES string of the molecule is CC(Cl)C1CNc2cc(O)c3ccc4c(c3c21)CCN4. The average Bonchev–Trinajstić information content (AvgIpc) is 3.03. The minimum atomic E-state index is 0.0710. The molecule has 2 aliphatic heterocycles. The average molecular weight is 289 g/mol. The van der Waals surface area contributed by atoms with Gasteiger partial charge in [0, 0.05) is 47.2 Å². The molecule has 2 aromatic carbocycles. The number of nitrogens with one attached hydrogen (secondary N) is 2. The first-order chi connectivity index (χ1) is 9.66. The highest BCUT2D eigenvalue weighted by atomic mass is 35.5. The van der Waals surface area contributed by atoms with Crippen molar-refractivity contribution in [1.82, 2.24) is 0 Å². The molecule has 3 nitrogen and oxygen atoms in total. The van der Waals surface area contributed by atoms with Crippen molar-refractivity contribution < 1.29 is 5.11 Å². The first-order valence-electron chi connectivity index (χ1n) is 7.10. The van der Waals surface area contributed by atoms with Gasteiger partial charge in [-0.2, -0.15) is 0 Å². The maximum atomic E-state index is 10.3. The number of aromatic hydroxyl groups is 1. The Morgan fingerprint density at radius 1 is 1.30 bits per heavy atom. The predicted molar refractivity (Wildman–Crippen MR) is 84.4 cm³/mol. The third-order valence-electron chi connectivity index (χ3n) is 4.56. The predicted octanol–water partition coefficient (Wildman–Crippen LogP) is 3.65. The van der Waals surface area contributed by atoms with Gasteiger partial charge in [0.05, 0.1) is 0 Å². The largest absolute Gasteiger partial charge is 0.507 e. The topological polar surface area (TPSA) is 44.3 Å². The number of benzene rings is 2. The minimum absolute atomic E-state index is 0.0710. The molecule has 0 fully saturated rings. The molecule has 0 amide bonds. The second kappa shape index (κ2) is 4.19. The zero-order valence-corrected chi connectivity index (χ0v) is 12.1. The summed E-state index contributed by atoms with van der Waals surface area (Å²) in [5, 5.41) is 19.3. The summed E-state index contributed by atoms with van der Waals surface area (Å²) in [6, 6.07) is 5.92. The number of phenolic OH excluding ortho intramolecular Hbond substituents is 1. The number of fused-ring (bicyclic) bond motifs is 5. The molecule has 0 bridgehead atoms. The maximum absolute atomic E-state index is 10.3. The number of halogens is 1. The third-order valence-corrected chi connectivity index (χ3v) is 4.86. The molecule has 0 spiro atoms. The van der Waals surface area contributed by atoms with Gasteiger partial charge in [-0.05, 0) is 42.0 Å². The molecule has 2 heterocycles. The van der Waals surface area contributed by atoms with Gasteiger partial charge < -0.3 is 15.7 Å². The van der Waals surface area contributed by atoms with Crippen LogP contribution in [0.3, 0.4) is 0 Å². The van der Waals surface area contributed by atoms with E-state index in [0.717, 1.165) is 30.6 Å². The van der Waals surface area contributed by atoms with Gasteiger partial charge in [0.25, 0.3) is 0 Å². The summed E-state index contributed by atoms with van der Waals surface area (Å²) in [5.74, 6) is 0.644. The summed E-state index contributed by atoms with van der Waals surface area (Å²) in [5.41, 5.74) is 4.83. The smallest absolute Gasteiger partial charge is 0.125 e. The Hall–Kier alpha value is -1.61. The van der Waals surface area contributed by atoms with Gasteiger partial charge in [-0.1, -0.05) is 0 Å². The van der Waals surface area contributed by atoms with Crippen LogP contribution in [0.4, 0.5) is 11.4 Å². The number of hydrogen-bond acceptors (Lipinski definition) is 3. The van der Waals surface area contributed by atoms with Gasteiger partial charge in [0.2, 0.25) is 0 Å². The molecule has 2 atom stereocenters. The molecular weight excluding hydrogens is 272 g/mol.